The highest BCUT2D eigenvalue weighted by atomic mass is 35.5. The Balaban J connectivity index is 1.11. The summed E-state index contributed by atoms with van der Waals surface area (Å²) < 4.78 is 39.8. The van der Waals surface area contributed by atoms with E-state index in [0.29, 0.717) is 28.6 Å². The molecule has 47 heavy (non-hydrogen) atoms. The number of nitrogens with one attached hydrogen (secondary N) is 2. The molecule has 0 bridgehead atoms. The van der Waals surface area contributed by atoms with Gasteiger partial charge in [0.25, 0.3) is 11.8 Å². The molecule has 6 rings (SSSR count). The van der Waals surface area contributed by atoms with Gasteiger partial charge in [0.2, 0.25) is 0 Å². The number of nitrogens with zero attached hydrogens (tertiary/aromatic N) is 3. The second-order valence-electron chi connectivity index (χ2n) is 12.6. The Labute approximate surface area is 282 Å². The third kappa shape index (κ3) is 8.25. The van der Waals surface area contributed by atoms with Crippen LogP contribution in [0, 0.1) is 0 Å². The Hall–Kier alpha value is -3.25. The Bertz CT molecular complexity index is 1630. The number of alkyl halides is 3. The lowest BCUT2D eigenvalue weighted by Crippen LogP contribution is -2.46. The van der Waals surface area contributed by atoms with Crippen molar-refractivity contribution in [2.75, 3.05) is 31.5 Å². The minimum atomic E-state index is -4.61. The van der Waals surface area contributed by atoms with Crippen molar-refractivity contribution in [3.8, 4) is 0 Å². The van der Waals surface area contributed by atoms with Crippen LogP contribution in [0.5, 0.6) is 0 Å². The average molecular weight is 686 g/mol. The van der Waals surface area contributed by atoms with E-state index in [4.69, 9.17) is 11.6 Å². The summed E-state index contributed by atoms with van der Waals surface area (Å²) in [5.41, 5.74) is 4.44. The van der Waals surface area contributed by atoms with Gasteiger partial charge in [-0.15, -0.1) is 11.3 Å². The van der Waals surface area contributed by atoms with Crippen molar-refractivity contribution in [3.05, 3.63) is 85.7 Å². The molecular formula is C35H39ClF3N5O2S. The summed E-state index contributed by atoms with van der Waals surface area (Å²) >= 11 is 7.11. The summed E-state index contributed by atoms with van der Waals surface area (Å²) in [6.45, 7) is 5.31. The van der Waals surface area contributed by atoms with Crippen LogP contribution in [0.2, 0.25) is 5.02 Å². The van der Waals surface area contributed by atoms with Crippen LogP contribution >= 0.6 is 22.9 Å². The van der Waals surface area contributed by atoms with Gasteiger partial charge < -0.3 is 10.2 Å². The van der Waals surface area contributed by atoms with Crippen LogP contribution in [0.1, 0.15) is 92.8 Å². The van der Waals surface area contributed by atoms with Gasteiger partial charge in [-0.1, -0.05) is 36.2 Å². The third-order valence-electron chi connectivity index (χ3n) is 9.36. The highest BCUT2D eigenvalue weighted by Gasteiger charge is 2.33. The number of thiophene rings is 1. The fourth-order valence-corrected chi connectivity index (χ4v) is 8.43. The van der Waals surface area contributed by atoms with Crippen LogP contribution in [-0.2, 0) is 25.6 Å². The van der Waals surface area contributed by atoms with E-state index in [1.807, 2.05) is 18.2 Å². The molecular weight excluding hydrogens is 647 g/mol. The standard InChI is InChI=1S/C35H39ClF3N5O2S/c36-29-12-11-23(20-28(29)35(37,38)39)21-40-42-33(46)31-27-9-2-3-10-30(27)47-34(31)41-32(45)25-8-6-7-24(19-25)22-43-17-13-26(14-18-43)44-15-4-1-5-16-44/h6-8,11-12,19-21,26H,1-5,9-10,13-18,22H2,(H,41,45)(H,42,46)/b40-21+. The van der Waals surface area contributed by atoms with Crippen molar-refractivity contribution < 1.29 is 22.8 Å². The third-order valence-corrected chi connectivity index (χ3v) is 10.9. The number of piperidine rings is 2. The molecule has 2 amide bonds. The molecule has 1 aliphatic carbocycles. The van der Waals surface area contributed by atoms with Gasteiger partial charge in [0.05, 0.1) is 22.4 Å². The molecule has 0 saturated carbocycles. The number of aryl methyl sites for hydroxylation is 1. The van der Waals surface area contributed by atoms with Crippen LogP contribution in [0.4, 0.5) is 18.2 Å². The van der Waals surface area contributed by atoms with Gasteiger partial charge in [0.1, 0.15) is 5.00 Å². The predicted molar refractivity (Wildman–Crippen MR) is 181 cm³/mol. The molecule has 2 saturated heterocycles. The Morgan fingerprint density at radius 2 is 1.72 bits per heavy atom. The van der Waals surface area contributed by atoms with Crippen LogP contribution in [0.3, 0.4) is 0 Å². The number of amides is 2. The van der Waals surface area contributed by atoms with Gasteiger partial charge in [-0.05, 0) is 119 Å². The topological polar surface area (TPSA) is 77.0 Å². The summed E-state index contributed by atoms with van der Waals surface area (Å²) in [6, 6.07) is 11.7. The summed E-state index contributed by atoms with van der Waals surface area (Å²) in [5.74, 6) is -0.824. The Morgan fingerprint density at radius 1 is 0.957 bits per heavy atom. The molecule has 3 heterocycles. The minimum Gasteiger partial charge on any atom is -0.313 e. The fourth-order valence-electron chi connectivity index (χ4n) is 6.93. The molecule has 1 aromatic heterocycles. The van der Waals surface area contributed by atoms with Gasteiger partial charge >= 0.3 is 6.18 Å². The molecule has 0 radical (unpaired) electrons. The van der Waals surface area contributed by atoms with E-state index >= 15 is 0 Å². The number of rotatable bonds is 8. The maximum Gasteiger partial charge on any atom is 0.417 e. The molecule has 7 nitrogen and oxygen atoms in total. The highest BCUT2D eigenvalue weighted by Crippen LogP contribution is 2.39. The van der Waals surface area contributed by atoms with Crippen molar-refractivity contribution in [1.82, 2.24) is 15.2 Å². The normalized spacial score (nSPS) is 18.3. The second-order valence-corrected chi connectivity index (χ2v) is 14.1. The number of carbonyl (C=O) groups excluding carboxylic acids is 2. The van der Waals surface area contributed by atoms with E-state index in [0.717, 1.165) is 73.2 Å². The van der Waals surface area contributed by atoms with Crippen molar-refractivity contribution in [3.63, 3.8) is 0 Å². The lowest BCUT2D eigenvalue weighted by molar-refractivity contribution is -0.137. The Morgan fingerprint density at radius 3 is 2.49 bits per heavy atom. The summed E-state index contributed by atoms with van der Waals surface area (Å²) in [4.78, 5) is 33.1. The largest absolute Gasteiger partial charge is 0.417 e. The van der Waals surface area contributed by atoms with Crippen LogP contribution in [-0.4, -0.2) is 60.0 Å². The summed E-state index contributed by atoms with van der Waals surface area (Å²) in [5, 5.41) is 6.95. The molecule has 2 fully saturated rings. The van der Waals surface area contributed by atoms with Gasteiger partial charge in [-0.2, -0.15) is 18.3 Å². The fraction of sp³-hybridized carbons (Fsp3) is 0.457. The maximum atomic E-state index is 13.5. The summed E-state index contributed by atoms with van der Waals surface area (Å²) in [7, 11) is 0. The first-order chi connectivity index (χ1) is 22.7. The average Bonchev–Trinajstić information content (AvgIpc) is 3.43. The first-order valence-corrected chi connectivity index (χ1v) is 17.6. The van der Waals surface area contributed by atoms with E-state index in [2.05, 4.69) is 25.6 Å². The lowest BCUT2D eigenvalue weighted by Gasteiger charge is -2.40. The van der Waals surface area contributed by atoms with Gasteiger partial charge in [-0.3, -0.25) is 14.5 Å². The zero-order chi connectivity index (χ0) is 33.0. The molecule has 2 N–H and O–H groups in total. The smallest absolute Gasteiger partial charge is 0.313 e. The quantitative estimate of drug-likeness (QED) is 0.188. The lowest BCUT2D eigenvalue weighted by atomic mass is 9.95. The van der Waals surface area contributed by atoms with Gasteiger partial charge in [0.15, 0.2) is 0 Å². The Kier molecular flexibility index (Phi) is 10.7. The monoisotopic (exact) mass is 685 g/mol. The number of anilines is 1. The van der Waals surface area contributed by atoms with Crippen LogP contribution < -0.4 is 10.7 Å². The maximum absolute atomic E-state index is 13.5. The SMILES string of the molecule is O=C(Nc1sc2c(c1C(=O)N/N=C/c1ccc(Cl)c(C(F)(F)F)c1)CCCC2)c1cccc(CN2CCC(N3CCCCC3)CC2)c1. The number of halogens is 4. The first kappa shape index (κ1) is 33.6. The predicted octanol–water partition coefficient (Wildman–Crippen LogP) is 7.77. The van der Waals surface area contributed by atoms with E-state index in [9.17, 15) is 22.8 Å². The van der Waals surface area contributed by atoms with E-state index in [1.54, 1.807) is 6.07 Å². The molecule has 2 aromatic carbocycles. The summed E-state index contributed by atoms with van der Waals surface area (Å²) in [6.07, 6.45) is 6.26. The number of likely N-dealkylation sites (tertiary alicyclic amines) is 2. The van der Waals surface area contributed by atoms with E-state index < -0.39 is 22.7 Å². The van der Waals surface area contributed by atoms with Crippen LogP contribution in [0.15, 0.2) is 47.6 Å². The molecule has 0 spiro atoms. The van der Waals surface area contributed by atoms with Crippen molar-refractivity contribution in [2.45, 2.75) is 76.6 Å². The number of hydrazone groups is 1. The molecule has 0 unspecified atom stereocenters. The van der Waals surface area contributed by atoms with E-state index in [1.165, 1.54) is 62.6 Å². The van der Waals surface area contributed by atoms with Gasteiger partial charge in [0, 0.05) is 23.0 Å². The number of hydrogen-bond acceptors (Lipinski definition) is 6. The van der Waals surface area contributed by atoms with Gasteiger partial charge in [-0.25, -0.2) is 5.43 Å². The molecule has 3 aliphatic rings. The number of fused-ring (bicyclic) bond motifs is 1. The molecule has 250 valence electrons. The second kappa shape index (κ2) is 14.9. The molecule has 3 aromatic rings. The van der Waals surface area contributed by atoms with Crippen molar-refractivity contribution >= 4 is 46.0 Å². The number of hydrogen-bond donors (Lipinski definition) is 2. The zero-order valence-corrected chi connectivity index (χ0v) is 27.7. The minimum absolute atomic E-state index is 0.133. The van der Waals surface area contributed by atoms with Crippen molar-refractivity contribution in [1.29, 1.82) is 0 Å². The van der Waals surface area contributed by atoms with E-state index in [-0.39, 0.29) is 11.5 Å². The highest BCUT2D eigenvalue weighted by molar-refractivity contribution is 7.17. The molecule has 2 aliphatic heterocycles. The molecule has 12 heteroatoms. The number of benzene rings is 2. The number of carbonyl (C=O) groups is 2. The van der Waals surface area contributed by atoms with Crippen LogP contribution in [0.25, 0.3) is 0 Å². The zero-order valence-electron chi connectivity index (χ0n) is 26.2. The first-order valence-electron chi connectivity index (χ1n) is 16.4. The van der Waals surface area contributed by atoms with Crippen molar-refractivity contribution in [2.24, 2.45) is 5.10 Å². The molecule has 0 atom stereocenters.